The normalized spacial score (nSPS) is 13.4. The zero-order valence-corrected chi connectivity index (χ0v) is 11.3. The second-order valence-corrected chi connectivity index (χ2v) is 11.9. The lowest BCUT2D eigenvalue weighted by Gasteiger charge is -2.26. The number of rotatable bonds is 6. The Bertz CT molecular complexity index is 134. The molecular weight excluding hydrogens is 204 g/mol. The summed E-state index contributed by atoms with van der Waals surface area (Å²) in [4.78, 5) is 0. The van der Waals surface area contributed by atoms with Gasteiger partial charge >= 0.3 is 9.05 Å². The van der Waals surface area contributed by atoms with Crippen molar-refractivity contribution in [2.45, 2.75) is 19.6 Å². The van der Waals surface area contributed by atoms with E-state index in [1.807, 2.05) is 0 Å². The molecule has 0 unspecified atom stereocenters. The minimum Gasteiger partial charge on any atom is -0.355 e. The van der Waals surface area contributed by atoms with Crippen molar-refractivity contribution < 1.29 is 17.7 Å². The molecule has 0 aromatic rings. The monoisotopic (exact) mass is 224 g/mol. The Morgan fingerprint density at radius 3 is 1.46 bits per heavy atom. The van der Waals surface area contributed by atoms with Crippen LogP contribution in [0.5, 0.6) is 0 Å². The molecule has 0 saturated carbocycles. The molecule has 0 amide bonds. The third kappa shape index (κ3) is 4.89. The standard InChI is InChI=1S/C7H20O4Si2/c1-8-13(9-2,10-3)11-7-12(4,5)6/h7H2,1-6H3. The van der Waals surface area contributed by atoms with Gasteiger partial charge < -0.3 is 17.7 Å². The summed E-state index contributed by atoms with van der Waals surface area (Å²) >= 11 is 0. The van der Waals surface area contributed by atoms with Gasteiger partial charge in [0.15, 0.2) is 0 Å². The van der Waals surface area contributed by atoms with Gasteiger partial charge in [-0.15, -0.1) is 0 Å². The summed E-state index contributed by atoms with van der Waals surface area (Å²) in [6.07, 6.45) is 0.689. The highest BCUT2D eigenvalue weighted by molar-refractivity contribution is 6.76. The Labute approximate surface area is 82.6 Å². The Hall–Kier alpha value is 0.274. The summed E-state index contributed by atoms with van der Waals surface area (Å²) in [5, 5.41) is 0. The minimum absolute atomic E-state index is 0.689. The molecule has 4 nitrogen and oxygen atoms in total. The second-order valence-electron chi connectivity index (χ2n) is 3.96. The van der Waals surface area contributed by atoms with Gasteiger partial charge in [-0.05, 0) is 0 Å². The molecule has 0 aliphatic carbocycles. The largest absolute Gasteiger partial charge is 0.678 e. The van der Waals surface area contributed by atoms with E-state index in [2.05, 4.69) is 19.6 Å². The van der Waals surface area contributed by atoms with Gasteiger partial charge in [0.2, 0.25) is 0 Å². The SMILES string of the molecule is CO[Si](OC)(OC)OC[Si](C)(C)C. The molecule has 80 valence electrons. The highest BCUT2D eigenvalue weighted by Gasteiger charge is 2.43. The van der Waals surface area contributed by atoms with E-state index in [0.717, 1.165) is 0 Å². The molecular formula is C7H20O4Si2. The minimum atomic E-state index is -2.79. The van der Waals surface area contributed by atoms with Crippen LogP contribution in [0.2, 0.25) is 19.6 Å². The maximum absolute atomic E-state index is 5.58. The van der Waals surface area contributed by atoms with Crippen molar-refractivity contribution in [3.63, 3.8) is 0 Å². The summed E-state index contributed by atoms with van der Waals surface area (Å²) in [6.45, 7) is 6.65. The fourth-order valence-corrected chi connectivity index (χ4v) is 4.02. The molecule has 0 heterocycles. The predicted molar refractivity (Wildman–Crippen MR) is 56.1 cm³/mol. The van der Waals surface area contributed by atoms with E-state index in [1.54, 1.807) is 21.3 Å². The third-order valence-electron chi connectivity index (χ3n) is 1.43. The van der Waals surface area contributed by atoms with Gasteiger partial charge in [-0.2, -0.15) is 0 Å². The van der Waals surface area contributed by atoms with E-state index in [-0.39, 0.29) is 0 Å². The van der Waals surface area contributed by atoms with Crippen LogP contribution < -0.4 is 0 Å². The smallest absolute Gasteiger partial charge is 0.355 e. The first-order chi connectivity index (χ1) is 5.89. The molecule has 0 radical (unpaired) electrons. The van der Waals surface area contributed by atoms with Gasteiger partial charge in [0.1, 0.15) is 0 Å². The van der Waals surface area contributed by atoms with Gasteiger partial charge in [0.25, 0.3) is 0 Å². The molecule has 6 heteroatoms. The van der Waals surface area contributed by atoms with E-state index >= 15 is 0 Å². The molecule has 0 bridgehead atoms. The van der Waals surface area contributed by atoms with E-state index < -0.39 is 17.1 Å². The van der Waals surface area contributed by atoms with Gasteiger partial charge in [-0.1, -0.05) is 19.6 Å². The lowest BCUT2D eigenvalue weighted by Crippen LogP contribution is -2.49. The zero-order valence-electron chi connectivity index (χ0n) is 9.34. The van der Waals surface area contributed by atoms with Crippen molar-refractivity contribution in [1.82, 2.24) is 0 Å². The fourth-order valence-electron chi connectivity index (χ4n) is 0.732. The third-order valence-corrected chi connectivity index (χ3v) is 4.73. The summed E-state index contributed by atoms with van der Waals surface area (Å²) in [5.41, 5.74) is 0. The molecule has 0 aromatic heterocycles. The molecule has 0 atom stereocenters. The van der Waals surface area contributed by atoms with E-state index in [0.29, 0.717) is 6.23 Å². The molecule has 0 saturated heterocycles. The Morgan fingerprint density at radius 1 is 0.846 bits per heavy atom. The summed E-state index contributed by atoms with van der Waals surface area (Å²) in [6, 6.07) is 0. The highest BCUT2D eigenvalue weighted by atomic mass is 28.4. The molecule has 0 aliphatic rings. The van der Waals surface area contributed by atoms with Crippen molar-refractivity contribution in [2.24, 2.45) is 0 Å². The topological polar surface area (TPSA) is 36.9 Å². The number of hydrogen-bond acceptors (Lipinski definition) is 4. The predicted octanol–water partition coefficient (Wildman–Crippen LogP) is 1.26. The molecule has 13 heavy (non-hydrogen) atoms. The summed E-state index contributed by atoms with van der Waals surface area (Å²) in [7, 11) is 0.599. The van der Waals surface area contributed by atoms with Crippen LogP contribution in [0.1, 0.15) is 0 Å². The Kier molecular flexibility index (Phi) is 5.34. The first kappa shape index (κ1) is 13.3. The van der Waals surface area contributed by atoms with E-state index in [1.165, 1.54) is 0 Å². The zero-order chi connectivity index (χ0) is 10.5. The summed E-state index contributed by atoms with van der Waals surface area (Å²) < 4.78 is 21.0. The average Bonchev–Trinajstić information content (AvgIpc) is 2.06. The quantitative estimate of drug-likeness (QED) is 0.637. The first-order valence-corrected chi connectivity index (χ1v) is 9.52. The van der Waals surface area contributed by atoms with Gasteiger partial charge in [-0.25, -0.2) is 0 Å². The maximum atomic E-state index is 5.58. The molecule has 0 rings (SSSR count). The highest BCUT2D eigenvalue weighted by Crippen LogP contribution is 2.11. The molecule has 0 fully saturated rings. The van der Waals surface area contributed by atoms with Crippen LogP contribution in [0.25, 0.3) is 0 Å². The Balaban J connectivity index is 4.11. The molecule has 0 N–H and O–H groups in total. The van der Waals surface area contributed by atoms with Crippen LogP contribution in [-0.4, -0.2) is 44.7 Å². The van der Waals surface area contributed by atoms with E-state index in [9.17, 15) is 0 Å². The van der Waals surface area contributed by atoms with Crippen molar-refractivity contribution in [3.8, 4) is 0 Å². The van der Waals surface area contributed by atoms with Crippen LogP contribution >= 0.6 is 0 Å². The Morgan fingerprint density at radius 2 is 1.23 bits per heavy atom. The lowest BCUT2D eigenvalue weighted by atomic mass is 11.7. The summed E-state index contributed by atoms with van der Waals surface area (Å²) in [5.74, 6) is 0. The van der Waals surface area contributed by atoms with Gasteiger partial charge in [0, 0.05) is 27.6 Å². The lowest BCUT2D eigenvalue weighted by molar-refractivity contribution is 0.0161. The van der Waals surface area contributed by atoms with Crippen molar-refractivity contribution in [1.29, 1.82) is 0 Å². The van der Waals surface area contributed by atoms with Crippen LogP contribution in [0.3, 0.4) is 0 Å². The molecule has 0 aliphatic heterocycles. The van der Waals surface area contributed by atoms with Crippen LogP contribution in [0.15, 0.2) is 0 Å². The van der Waals surface area contributed by atoms with Crippen LogP contribution in [-0.2, 0) is 17.7 Å². The average molecular weight is 224 g/mol. The number of hydrogen-bond donors (Lipinski definition) is 0. The molecule has 0 spiro atoms. The second kappa shape index (κ2) is 5.23. The molecule has 0 aromatic carbocycles. The van der Waals surface area contributed by atoms with Crippen molar-refractivity contribution in [3.05, 3.63) is 0 Å². The van der Waals surface area contributed by atoms with Crippen molar-refractivity contribution in [2.75, 3.05) is 27.6 Å². The van der Waals surface area contributed by atoms with Crippen LogP contribution in [0.4, 0.5) is 0 Å². The fraction of sp³-hybridized carbons (Fsp3) is 1.00. The maximum Gasteiger partial charge on any atom is 0.678 e. The van der Waals surface area contributed by atoms with Crippen molar-refractivity contribution >= 4 is 17.1 Å². The van der Waals surface area contributed by atoms with Crippen LogP contribution in [0, 0.1) is 0 Å². The van der Waals surface area contributed by atoms with E-state index in [4.69, 9.17) is 17.7 Å². The van der Waals surface area contributed by atoms with Gasteiger partial charge in [0.05, 0.1) is 8.07 Å². The first-order valence-electron chi connectivity index (χ1n) is 4.18. The van der Waals surface area contributed by atoms with Gasteiger partial charge in [-0.3, -0.25) is 0 Å².